The van der Waals surface area contributed by atoms with Gasteiger partial charge in [0.05, 0.1) is 20.6 Å². The van der Waals surface area contributed by atoms with Crippen LogP contribution in [0, 0.1) is 0 Å². The maximum Gasteiger partial charge on any atom is 0.261 e. The minimum absolute atomic E-state index is 0.0976. The van der Waals surface area contributed by atoms with Gasteiger partial charge in [-0.05, 0) is 36.4 Å². The number of rotatable bonds is 4. The van der Waals surface area contributed by atoms with Crippen LogP contribution in [0.15, 0.2) is 41.3 Å². The Bertz CT molecular complexity index is 738. The Labute approximate surface area is 138 Å². The normalized spacial score (nSPS) is 11.2. The second-order valence-electron chi connectivity index (χ2n) is 4.12. The Morgan fingerprint density at radius 3 is 1.95 bits per heavy atom. The summed E-state index contributed by atoms with van der Waals surface area (Å²) in [6.45, 7) is 0. The average Bonchev–Trinajstić information content (AvgIpc) is 2.43. The van der Waals surface area contributed by atoms with E-state index in [2.05, 4.69) is 10.0 Å². The first kappa shape index (κ1) is 16.2. The molecule has 0 saturated carbocycles. The molecule has 0 unspecified atom stereocenters. The van der Waals surface area contributed by atoms with Gasteiger partial charge in [0, 0.05) is 17.8 Å². The molecule has 0 aliphatic rings. The molecule has 0 bridgehead atoms. The molecule has 2 aromatic rings. The Balaban J connectivity index is 2.37. The fraction of sp³-hybridized carbons (Fsp3) is 0.0769. The van der Waals surface area contributed by atoms with Gasteiger partial charge in [0.2, 0.25) is 0 Å². The zero-order valence-corrected chi connectivity index (χ0v) is 13.9. The lowest BCUT2D eigenvalue weighted by Gasteiger charge is -2.12. The molecule has 0 aliphatic heterocycles. The van der Waals surface area contributed by atoms with Crippen molar-refractivity contribution in [1.82, 2.24) is 0 Å². The number of hydrogen-bond donors (Lipinski definition) is 2. The minimum Gasteiger partial charge on any atom is -0.388 e. The highest BCUT2D eigenvalue weighted by atomic mass is 35.5. The fourth-order valence-corrected chi connectivity index (χ4v) is 3.76. The van der Waals surface area contributed by atoms with Crippen molar-refractivity contribution in [1.29, 1.82) is 0 Å². The van der Waals surface area contributed by atoms with Crippen molar-refractivity contribution in [2.75, 3.05) is 17.1 Å². The largest absolute Gasteiger partial charge is 0.388 e. The standard InChI is InChI=1S/C13H11Cl3N2O2S/c1-17-9-2-4-10(5-3-9)21(19,20)18-13-11(15)6-8(14)7-12(13)16/h2-7,17-18H,1H3. The molecule has 0 aliphatic carbocycles. The van der Waals surface area contributed by atoms with Crippen LogP contribution in [0.25, 0.3) is 0 Å². The van der Waals surface area contributed by atoms with Crippen LogP contribution in [0.4, 0.5) is 11.4 Å². The van der Waals surface area contributed by atoms with Crippen molar-refractivity contribution in [3.05, 3.63) is 51.5 Å². The summed E-state index contributed by atoms with van der Waals surface area (Å²) in [5.41, 5.74) is 0.900. The Morgan fingerprint density at radius 1 is 0.952 bits per heavy atom. The molecule has 0 atom stereocenters. The lowest BCUT2D eigenvalue weighted by molar-refractivity contribution is 0.601. The molecule has 0 saturated heterocycles. The summed E-state index contributed by atoms with van der Waals surface area (Å²) in [5, 5.41) is 3.49. The topological polar surface area (TPSA) is 58.2 Å². The van der Waals surface area contributed by atoms with Crippen LogP contribution >= 0.6 is 34.8 Å². The van der Waals surface area contributed by atoms with Gasteiger partial charge in [-0.25, -0.2) is 8.42 Å². The molecule has 2 rings (SSSR count). The first-order chi connectivity index (χ1) is 9.83. The third-order valence-corrected chi connectivity index (χ3v) is 4.88. The van der Waals surface area contributed by atoms with Gasteiger partial charge in [-0.3, -0.25) is 4.72 Å². The van der Waals surface area contributed by atoms with Crippen LogP contribution in [-0.4, -0.2) is 15.5 Å². The number of nitrogens with one attached hydrogen (secondary N) is 2. The van der Waals surface area contributed by atoms with Gasteiger partial charge in [-0.15, -0.1) is 0 Å². The third kappa shape index (κ3) is 3.74. The third-order valence-electron chi connectivity index (χ3n) is 2.70. The number of hydrogen-bond acceptors (Lipinski definition) is 3. The first-order valence-corrected chi connectivity index (χ1v) is 8.40. The molecule has 4 nitrogen and oxygen atoms in total. The number of benzene rings is 2. The number of anilines is 2. The average molecular weight is 366 g/mol. The molecule has 0 aromatic heterocycles. The summed E-state index contributed by atoms with van der Waals surface area (Å²) in [5.74, 6) is 0. The van der Waals surface area contributed by atoms with Crippen LogP contribution in [0.2, 0.25) is 15.1 Å². The van der Waals surface area contributed by atoms with E-state index in [1.54, 1.807) is 19.2 Å². The van der Waals surface area contributed by atoms with Crippen LogP contribution in [-0.2, 0) is 10.0 Å². The summed E-state index contributed by atoms with van der Waals surface area (Å²) in [6, 6.07) is 9.09. The molecule has 21 heavy (non-hydrogen) atoms. The Morgan fingerprint density at radius 2 is 1.48 bits per heavy atom. The second-order valence-corrected chi connectivity index (χ2v) is 7.06. The van der Waals surface area contributed by atoms with E-state index in [-0.39, 0.29) is 20.6 Å². The highest BCUT2D eigenvalue weighted by Gasteiger charge is 2.18. The lowest BCUT2D eigenvalue weighted by Crippen LogP contribution is -2.13. The molecule has 0 spiro atoms. The quantitative estimate of drug-likeness (QED) is 0.839. The first-order valence-electron chi connectivity index (χ1n) is 5.78. The molecule has 0 radical (unpaired) electrons. The summed E-state index contributed by atoms with van der Waals surface area (Å²) < 4.78 is 27.0. The predicted octanol–water partition coefficient (Wildman–Crippen LogP) is 4.49. The zero-order valence-electron chi connectivity index (χ0n) is 10.8. The maximum absolute atomic E-state index is 12.3. The molecule has 8 heteroatoms. The van der Waals surface area contributed by atoms with Crippen LogP contribution in [0.5, 0.6) is 0 Å². The van der Waals surface area contributed by atoms with Gasteiger partial charge >= 0.3 is 0 Å². The Hall–Kier alpha value is -1.14. The van der Waals surface area contributed by atoms with E-state index in [0.717, 1.165) is 5.69 Å². The SMILES string of the molecule is CNc1ccc(S(=O)(=O)Nc2c(Cl)cc(Cl)cc2Cl)cc1. The van der Waals surface area contributed by atoms with E-state index in [1.165, 1.54) is 24.3 Å². The molecular formula is C13H11Cl3N2O2S. The summed E-state index contributed by atoms with van der Waals surface area (Å²) >= 11 is 17.7. The molecule has 112 valence electrons. The van der Waals surface area contributed by atoms with Gasteiger partial charge < -0.3 is 5.32 Å². The van der Waals surface area contributed by atoms with Crippen molar-refractivity contribution in [2.24, 2.45) is 0 Å². The minimum atomic E-state index is -3.79. The van der Waals surface area contributed by atoms with Crippen molar-refractivity contribution in [2.45, 2.75) is 4.90 Å². The summed E-state index contributed by atoms with van der Waals surface area (Å²) in [4.78, 5) is 0.101. The Kier molecular flexibility index (Phi) is 4.88. The van der Waals surface area contributed by atoms with Crippen molar-refractivity contribution in [3.8, 4) is 0 Å². The smallest absolute Gasteiger partial charge is 0.261 e. The molecule has 0 amide bonds. The summed E-state index contributed by atoms with van der Waals surface area (Å²) in [7, 11) is -2.04. The molecular weight excluding hydrogens is 355 g/mol. The van der Waals surface area contributed by atoms with E-state index in [9.17, 15) is 8.42 Å². The summed E-state index contributed by atoms with van der Waals surface area (Å²) in [6.07, 6.45) is 0. The highest BCUT2D eigenvalue weighted by molar-refractivity contribution is 7.92. The number of sulfonamides is 1. The fourth-order valence-electron chi connectivity index (χ4n) is 1.63. The van der Waals surface area contributed by atoms with Gasteiger partial charge in [0.15, 0.2) is 0 Å². The van der Waals surface area contributed by atoms with E-state index >= 15 is 0 Å². The van der Waals surface area contributed by atoms with Crippen molar-refractivity contribution in [3.63, 3.8) is 0 Å². The van der Waals surface area contributed by atoms with E-state index in [1.807, 2.05) is 0 Å². The van der Waals surface area contributed by atoms with E-state index < -0.39 is 10.0 Å². The molecule has 0 fully saturated rings. The van der Waals surface area contributed by atoms with E-state index in [4.69, 9.17) is 34.8 Å². The van der Waals surface area contributed by atoms with Gasteiger partial charge in [0.25, 0.3) is 10.0 Å². The van der Waals surface area contributed by atoms with Crippen molar-refractivity contribution >= 4 is 56.2 Å². The van der Waals surface area contributed by atoms with Crippen molar-refractivity contribution < 1.29 is 8.42 Å². The second kappa shape index (κ2) is 6.32. The van der Waals surface area contributed by atoms with Gasteiger partial charge in [-0.2, -0.15) is 0 Å². The van der Waals surface area contributed by atoms with Crippen LogP contribution in [0.3, 0.4) is 0 Å². The van der Waals surface area contributed by atoms with Crippen LogP contribution < -0.4 is 10.0 Å². The highest BCUT2D eigenvalue weighted by Crippen LogP contribution is 2.35. The molecule has 2 N–H and O–H groups in total. The maximum atomic E-state index is 12.3. The van der Waals surface area contributed by atoms with E-state index in [0.29, 0.717) is 5.02 Å². The van der Waals surface area contributed by atoms with Crippen LogP contribution in [0.1, 0.15) is 0 Å². The lowest BCUT2D eigenvalue weighted by atomic mass is 10.3. The van der Waals surface area contributed by atoms with Gasteiger partial charge in [-0.1, -0.05) is 34.8 Å². The molecule has 2 aromatic carbocycles. The van der Waals surface area contributed by atoms with Gasteiger partial charge in [0.1, 0.15) is 0 Å². The molecule has 0 heterocycles. The predicted molar refractivity (Wildman–Crippen MR) is 88.3 cm³/mol. The number of halogens is 3. The zero-order chi connectivity index (χ0) is 15.6. The monoisotopic (exact) mass is 364 g/mol.